The van der Waals surface area contributed by atoms with E-state index >= 15 is 4.39 Å². The van der Waals surface area contributed by atoms with Gasteiger partial charge in [-0.2, -0.15) is 14.5 Å². The lowest BCUT2D eigenvalue weighted by molar-refractivity contribution is -0.112. The highest BCUT2D eigenvalue weighted by molar-refractivity contribution is 5.68. The van der Waals surface area contributed by atoms with Gasteiger partial charge in [-0.3, -0.25) is 0 Å². The SMILES string of the molecule is Cc1nc(-n2cncn2)ccc1Nc1ncnc(OC2C3COCC2CN(C(=O)OC2(C)CC2)C3)c1F. The molecule has 0 aromatic carbocycles. The second-order valence-electron chi connectivity index (χ2n) is 9.97. The average molecular weight is 511 g/mol. The number of ether oxygens (including phenoxy) is 3. The van der Waals surface area contributed by atoms with Gasteiger partial charge in [0.25, 0.3) is 5.88 Å². The molecule has 1 aliphatic carbocycles. The Kier molecular flexibility index (Phi) is 5.86. The highest BCUT2D eigenvalue weighted by Crippen LogP contribution is 2.40. The zero-order valence-corrected chi connectivity index (χ0v) is 20.5. The van der Waals surface area contributed by atoms with Crippen molar-refractivity contribution in [3.63, 3.8) is 0 Å². The van der Waals surface area contributed by atoms with Crippen LogP contribution in [0.4, 0.5) is 20.7 Å². The number of carbonyl (C=O) groups is 1. The number of rotatable bonds is 6. The predicted octanol–water partition coefficient (Wildman–Crippen LogP) is 2.66. The second-order valence-corrected chi connectivity index (χ2v) is 9.97. The molecule has 0 radical (unpaired) electrons. The third kappa shape index (κ3) is 4.78. The van der Waals surface area contributed by atoms with Gasteiger partial charge in [0.15, 0.2) is 11.6 Å². The van der Waals surface area contributed by atoms with Gasteiger partial charge in [0.2, 0.25) is 5.82 Å². The van der Waals surface area contributed by atoms with Crippen LogP contribution < -0.4 is 10.1 Å². The number of likely N-dealkylation sites (tertiary alicyclic amines) is 1. The summed E-state index contributed by atoms with van der Waals surface area (Å²) in [6.07, 6.45) is 5.33. The van der Waals surface area contributed by atoms with Crippen LogP contribution in [0.15, 0.2) is 31.1 Å². The smallest absolute Gasteiger partial charge is 0.410 e. The molecular weight excluding hydrogens is 483 g/mol. The molecule has 2 atom stereocenters. The van der Waals surface area contributed by atoms with Gasteiger partial charge in [0.05, 0.1) is 24.6 Å². The zero-order chi connectivity index (χ0) is 25.6. The number of halogens is 1. The molecule has 3 aromatic heterocycles. The Bertz CT molecular complexity index is 1290. The number of aromatic nitrogens is 6. The summed E-state index contributed by atoms with van der Waals surface area (Å²) in [5.41, 5.74) is 0.863. The Hall–Kier alpha value is -3.87. The topological polar surface area (TPSA) is 129 Å². The van der Waals surface area contributed by atoms with Gasteiger partial charge in [-0.1, -0.05) is 0 Å². The molecule has 1 saturated carbocycles. The van der Waals surface area contributed by atoms with Gasteiger partial charge in [-0.25, -0.2) is 24.4 Å². The summed E-state index contributed by atoms with van der Waals surface area (Å²) < 4.78 is 34.4. The Morgan fingerprint density at radius 2 is 1.97 bits per heavy atom. The summed E-state index contributed by atoms with van der Waals surface area (Å²) in [5, 5.41) is 7.05. The van der Waals surface area contributed by atoms with Crippen LogP contribution in [0, 0.1) is 24.6 Å². The zero-order valence-electron chi connectivity index (χ0n) is 20.5. The lowest BCUT2D eigenvalue weighted by atomic mass is 9.84. The molecule has 5 heterocycles. The molecule has 2 aliphatic heterocycles. The number of pyridine rings is 1. The van der Waals surface area contributed by atoms with Gasteiger partial charge in [-0.05, 0) is 38.8 Å². The first-order valence-electron chi connectivity index (χ1n) is 12.2. The quantitative estimate of drug-likeness (QED) is 0.528. The van der Waals surface area contributed by atoms with E-state index in [1.807, 2.05) is 6.92 Å². The van der Waals surface area contributed by atoms with E-state index in [-0.39, 0.29) is 41.3 Å². The maximum absolute atomic E-state index is 15.5. The summed E-state index contributed by atoms with van der Waals surface area (Å²) in [5.74, 6) is -0.552. The normalized spacial score (nSPS) is 23.9. The first-order chi connectivity index (χ1) is 17.9. The standard InChI is InChI=1S/C24H27FN8O4/c1-14-17(3-4-18(30-14)33-13-26-11-29-33)31-21-19(25)22(28-12-27-21)36-20-15-7-32(8-16(20)10-35-9-15)23(34)37-24(2)5-6-24/h3-4,11-13,15-16,20H,5-10H2,1-2H3,(H,27,28,31). The summed E-state index contributed by atoms with van der Waals surface area (Å²) in [6, 6.07) is 3.50. The highest BCUT2D eigenvalue weighted by atomic mass is 19.1. The van der Waals surface area contributed by atoms with E-state index in [0.717, 1.165) is 12.8 Å². The number of piperidine rings is 1. The average Bonchev–Trinajstić information content (AvgIpc) is 3.35. The van der Waals surface area contributed by atoms with Crippen molar-refractivity contribution in [2.75, 3.05) is 31.6 Å². The molecular formula is C24H27FN8O4. The molecule has 37 heavy (non-hydrogen) atoms. The molecule has 6 rings (SSSR count). The largest absolute Gasteiger partial charge is 0.471 e. The van der Waals surface area contributed by atoms with Crippen molar-refractivity contribution < 1.29 is 23.4 Å². The van der Waals surface area contributed by atoms with Crippen LogP contribution >= 0.6 is 0 Å². The third-order valence-corrected chi connectivity index (χ3v) is 7.03. The summed E-state index contributed by atoms with van der Waals surface area (Å²) in [7, 11) is 0. The van der Waals surface area contributed by atoms with Crippen molar-refractivity contribution >= 4 is 17.6 Å². The van der Waals surface area contributed by atoms with Gasteiger partial charge in [0, 0.05) is 24.9 Å². The second kappa shape index (κ2) is 9.21. The molecule has 2 saturated heterocycles. The van der Waals surface area contributed by atoms with E-state index in [9.17, 15) is 4.79 Å². The minimum atomic E-state index is -0.704. The molecule has 13 heteroatoms. The van der Waals surface area contributed by atoms with Gasteiger partial charge in [0.1, 0.15) is 30.7 Å². The van der Waals surface area contributed by atoms with Crippen molar-refractivity contribution in [3.8, 4) is 11.7 Å². The molecule has 12 nitrogen and oxygen atoms in total. The van der Waals surface area contributed by atoms with Gasteiger partial charge < -0.3 is 24.4 Å². The van der Waals surface area contributed by atoms with Crippen molar-refractivity contribution in [2.45, 2.75) is 38.4 Å². The van der Waals surface area contributed by atoms with Crippen LogP contribution in [0.25, 0.3) is 5.82 Å². The minimum absolute atomic E-state index is 0.0245. The number of anilines is 2. The number of nitrogens with zero attached hydrogens (tertiary/aromatic N) is 7. The molecule has 3 aromatic rings. The van der Waals surface area contributed by atoms with E-state index in [2.05, 4.69) is 30.4 Å². The van der Waals surface area contributed by atoms with Gasteiger partial charge in [-0.15, -0.1) is 0 Å². The van der Waals surface area contributed by atoms with Crippen molar-refractivity contribution in [2.24, 2.45) is 11.8 Å². The van der Waals surface area contributed by atoms with E-state index in [1.165, 1.54) is 17.3 Å². The Morgan fingerprint density at radius 1 is 1.19 bits per heavy atom. The monoisotopic (exact) mass is 510 g/mol. The Labute approximate surface area is 212 Å². The van der Waals surface area contributed by atoms with Crippen LogP contribution in [0.1, 0.15) is 25.5 Å². The van der Waals surface area contributed by atoms with Crippen molar-refractivity contribution in [1.29, 1.82) is 0 Å². The van der Waals surface area contributed by atoms with Crippen molar-refractivity contribution in [3.05, 3.63) is 42.6 Å². The van der Waals surface area contributed by atoms with E-state index in [0.29, 0.717) is 43.5 Å². The first kappa shape index (κ1) is 23.5. The first-order valence-corrected chi connectivity index (χ1v) is 12.2. The summed E-state index contributed by atoms with van der Waals surface area (Å²) >= 11 is 0. The van der Waals surface area contributed by atoms with E-state index in [4.69, 9.17) is 14.2 Å². The number of nitrogens with one attached hydrogen (secondary N) is 1. The number of fused-ring (bicyclic) bond motifs is 2. The number of aryl methyl sites for hydroxylation is 1. The third-order valence-electron chi connectivity index (χ3n) is 7.03. The van der Waals surface area contributed by atoms with E-state index in [1.54, 1.807) is 30.3 Å². The van der Waals surface area contributed by atoms with E-state index < -0.39 is 5.82 Å². The van der Waals surface area contributed by atoms with Crippen LogP contribution in [0.3, 0.4) is 0 Å². The fraction of sp³-hybridized carbons (Fsp3) is 0.500. The minimum Gasteiger partial charge on any atom is -0.471 e. The lowest BCUT2D eigenvalue weighted by Gasteiger charge is -2.46. The Balaban J connectivity index is 1.16. The number of hydrogen-bond donors (Lipinski definition) is 1. The molecule has 3 aliphatic rings. The van der Waals surface area contributed by atoms with Crippen LogP contribution in [0.2, 0.25) is 0 Å². The van der Waals surface area contributed by atoms with Gasteiger partial charge >= 0.3 is 6.09 Å². The molecule has 194 valence electrons. The molecule has 1 N–H and O–H groups in total. The van der Waals surface area contributed by atoms with Crippen LogP contribution in [0.5, 0.6) is 5.88 Å². The Morgan fingerprint density at radius 3 is 2.65 bits per heavy atom. The maximum Gasteiger partial charge on any atom is 0.410 e. The van der Waals surface area contributed by atoms with Crippen LogP contribution in [-0.4, -0.2) is 78.7 Å². The molecule has 3 fully saturated rings. The highest BCUT2D eigenvalue weighted by Gasteiger charge is 2.47. The molecule has 0 spiro atoms. The fourth-order valence-corrected chi connectivity index (χ4v) is 4.71. The number of carbonyl (C=O) groups excluding carboxylic acids is 1. The number of amides is 1. The molecule has 2 unspecified atom stereocenters. The maximum atomic E-state index is 15.5. The summed E-state index contributed by atoms with van der Waals surface area (Å²) in [6.45, 7) is 5.37. The molecule has 2 bridgehead atoms. The molecule has 1 amide bonds. The lowest BCUT2D eigenvalue weighted by Crippen LogP contribution is -2.59. The fourth-order valence-electron chi connectivity index (χ4n) is 4.71. The van der Waals surface area contributed by atoms with Crippen molar-refractivity contribution in [1.82, 2.24) is 34.6 Å². The number of hydrogen-bond acceptors (Lipinski definition) is 10. The van der Waals surface area contributed by atoms with Crippen LogP contribution in [-0.2, 0) is 9.47 Å². The predicted molar refractivity (Wildman–Crippen MR) is 127 cm³/mol. The summed E-state index contributed by atoms with van der Waals surface area (Å²) in [4.78, 5) is 30.9.